The molecular formula is C14H20ClMgNO2. The first-order chi connectivity index (χ1) is 7.99. The third kappa shape index (κ3) is 12.0. The fourth-order valence-corrected chi connectivity index (χ4v) is 0.891. The molecule has 0 heterocycles. The monoisotopic (exact) mass is 293 g/mol. The van der Waals surface area contributed by atoms with Gasteiger partial charge in [0.1, 0.15) is 5.70 Å². The second-order valence-corrected chi connectivity index (χ2v) is 3.62. The second-order valence-electron chi connectivity index (χ2n) is 3.62. The molecule has 0 unspecified atom stereocenters. The Morgan fingerprint density at radius 1 is 1.26 bits per heavy atom. The molecule has 1 rings (SSSR count). The van der Waals surface area contributed by atoms with E-state index in [-0.39, 0.29) is 41.2 Å². The van der Waals surface area contributed by atoms with Crippen molar-refractivity contribution in [1.29, 1.82) is 0 Å². The number of esters is 1. The predicted octanol–water partition coefficient (Wildman–Crippen LogP) is -0.706. The van der Waals surface area contributed by atoms with Gasteiger partial charge in [0.2, 0.25) is 0 Å². The normalized spacial score (nSPS) is 7.74. The van der Waals surface area contributed by atoms with E-state index in [0.717, 1.165) is 11.1 Å². The summed E-state index contributed by atoms with van der Waals surface area (Å²) in [6.07, 6.45) is 0. The van der Waals surface area contributed by atoms with Crippen molar-refractivity contribution in [2.24, 2.45) is 5.73 Å². The number of ether oxygens (including phenoxy) is 1. The van der Waals surface area contributed by atoms with E-state index in [0.29, 0.717) is 6.61 Å². The van der Waals surface area contributed by atoms with Crippen molar-refractivity contribution in [2.75, 3.05) is 6.61 Å². The third-order valence-corrected chi connectivity index (χ3v) is 1.88. The summed E-state index contributed by atoms with van der Waals surface area (Å²) in [6, 6.07) is 9.87. The molecule has 2 N–H and O–H groups in total. The van der Waals surface area contributed by atoms with Gasteiger partial charge in [-0.25, -0.2) is 4.79 Å². The number of rotatable bonds is 2. The predicted molar refractivity (Wildman–Crippen MR) is 75.8 cm³/mol. The van der Waals surface area contributed by atoms with E-state index in [2.05, 4.69) is 11.7 Å². The first kappa shape index (κ1) is 23.3. The van der Waals surface area contributed by atoms with Gasteiger partial charge >= 0.3 is 29.0 Å². The van der Waals surface area contributed by atoms with Crippen LogP contribution in [0.4, 0.5) is 0 Å². The molecular weight excluding hydrogens is 274 g/mol. The van der Waals surface area contributed by atoms with Gasteiger partial charge in [0.25, 0.3) is 0 Å². The van der Waals surface area contributed by atoms with Gasteiger partial charge in [0, 0.05) is 0 Å². The quantitative estimate of drug-likeness (QED) is 0.339. The van der Waals surface area contributed by atoms with Gasteiger partial charge in [-0.3, -0.25) is 0 Å². The van der Waals surface area contributed by atoms with Gasteiger partial charge in [0.05, 0.1) is 6.61 Å². The Kier molecular flexibility index (Phi) is 16.6. The zero-order valence-corrected chi connectivity index (χ0v) is 14.0. The second kappa shape index (κ2) is 13.6. The van der Waals surface area contributed by atoms with Gasteiger partial charge in [-0.1, -0.05) is 6.07 Å². The smallest absolute Gasteiger partial charge is 1.00 e. The molecule has 0 bridgehead atoms. The maximum Gasteiger partial charge on any atom is 2.00 e. The molecule has 0 aliphatic carbocycles. The Morgan fingerprint density at radius 3 is 2.00 bits per heavy atom. The maximum absolute atomic E-state index is 10.8. The number of hydrogen-bond acceptors (Lipinski definition) is 3. The first-order valence-electron chi connectivity index (χ1n) is 5.46. The number of hydrogen-bond donors (Lipinski definition) is 1. The van der Waals surface area contributed by atoms with Crippen LogP contribution in [0.15, 0.2) is 41.6 Å². The zero-order valence-electron chi connectivity index (χ0n) is 11.8. The molecule has 3 nitrogen and oxygen atoms in total. The molecule has 1 aromatic carbocycles. The fraction of sp³-hybridized carbons (Fsp3) is 0.286. The number of allylic oxidation sites excluding steroid dienone is 1. The molecule has 19 heavy (non-hydrogen) atoms. The van der Waals surface area contributed by atoms with E-state index in [9.17, 15) is 4.79 Å². The van der Waals surface area contributed by atoms with Crippen LogP contribution in [0.1, 0.15) is 26.3 Å². The molecule has 0 amide bonds. The van der Waals surface area contributed by atoms with E-state index in [1.807, 2.05) is 30.3 Å². The standard InChI is InChI=1S/C7H13NO2.C7H7.ClH.Mg/c1-4-10-7(9)6(8)5(2)3;1-7-5-3-2-4-6-7;;/h4,8H2,1-3H3;2-6H,1H2;1H;/q;-1;;+2/p-1. The van der Waals surface area contributed by atoms with Crippen LogP contribution in [0, 0.1) is 6.92 Å². The Bertz CT molecular complexity index is 376. The zero-order chi connectivity index (χ0) is 13.3. The minimum atomic E-state index is -0.428. The molecule has 0 aliphatic rings. The van der Waals surface area contributed by atoms with Crippen LogP contribution >= 0.6 is 0 Å². The van der Waals surface area contributed by atoms with Crippen LogP contribution in [0.2, 0.25) is 0 Å². The van der Waals surface area contributed by atoms with Crippen LogP contribution in [-0.2, 0) is 9.53 Å². The summed E-state index contributed by atoms with van der Waals surface area (Å²) in [5.41, 5.74) is 7.42. The van der Waals surface area contributed by atoms with Crippen molar-refractivity contribution < 1.29 is 21.9 Å². The van der Waals surface area contributed by atoms with Crippen LogP contribution in [0.5, 0.6) is 0 Å². The molecule has 0 spiro atoms. The first-order valence-corrected chi connectivity index (χ1v) is 5.46. The van der Waals surface area contributed by atoms with Crippen molar-refractivity contribution in [2.45, 2.75) is 20.8 Å². The van der Waals surface area contributed by atoms with Crippen molar-refractivity contribution in [3.8, 4) is 0 Å². The third-order valence-electron chi connectivity index (χ3n) is 1.88. The van der Waals surface area contributed by atoms with Crippen molar-refractivity contribution in [3.63, 3.8) is 0 Å². The summed E-state index contributed by atoms with van der Waals surface area (Å²) in [5, 5.41) is 0. The van der Waals surface area contributed by atoms with Crippen LogP contribution < -0.4 is 18.1 Å². The summed E-state index contributed by atoms with van der Waals surface area (Å²) in [5.74, 6) is -0.428. The summed E-state index contributed by atoms with van der Waals surface area (Å²) < 4.78 is 4.64. The summed E-state index contributed by atoms with van der Waals surface area (Å²) in [7, 11) is 0. The van der Waals surface area contributed by atoms with E-state index < -0.39 is 5.97 Å². The molecule has 1 aromatic rings. The van der Waals surface area contributed by atoms with Gasteiger partial charge in [-0.05, 0) is 26.3 Å². The SMILES string of the molecule is CCOC(=O)C(N)=C(C)C.[CH2-]c1ccccc1.[Cl-].[Mg+2]. The van der Waals surface area contributed by atoms with Crippen LogP contribution in [0.25, 0.3) is 0 Å². The fourth-order valence-electron chi connectivity index (χ4n) is 0.891. The van der Waals surface area contributed by atoms with E-state index in [1.54, 1.807) is 20.8 Å². The molecule has 0 aliphatic heterocycles. The number of nitrogens with two attached hydrogens (primary N) is 1. The van der Waals surface area contributed by atoms with Crippen molar-refractivity contribution in [1.82, 2.24) is 0 Å². The number of carbonyl (C=O) groups is 1. The van der Waals surface area contributed by atoms with E-state index in [4.69, 9.17) is 5.73 Å². The Labute approximate surface area is 138 Å². The molecule has 0 radical (unpaired) electrons. The average Bonchev–Trinajstić information content (AvgIpc) is 2.30. The molecule has 5 heteroatoms. The molecule has 102 valence electrons. The van der Waals surface area contributed by atoms with E-state index >= 15 is 0 Å². The summed E-state index contributed by atoms with van der Waals surface area (Å²) in [4.78, 5) is 10.8. The van der Waals surface area contributed by atoms with Crippen molar-refractivity contribution in [3.05, 3.63) is 54.1 Å². The summed E-state index contributed by atoms with van der Waals surface area (Å²) >= 11 is 0. The van der Waals surface area contributed by atoms with Crippen molar-refractivity contribution >= 4 is 29.0 Å². The minimum Gasteiger partial charge on any atom is -1.00 e. The Hall–Kier alpha value is -0.844. The van der Waals surface area contributed by atoms with Gasteiger partial charge in [-0.15, -0.1) is 12.1 Å². The van der Waals surface area contributed by atoms with E-state index in [1.165, 1.54) is 0 Å². The number of carbonyl (C=O) groups excluding carboxylic acids is 1. The molecule has 0 aromatic heterocycles. The van der Waals surface area contributed by atoms with Crippen LogP contribution in [0.3, 0.4) is 0 Å². The molecule has 0 fully saturated rings. The molecule has 0 atom stereocenters. The topological polar surface area (TPSA) is 52.3 Å². The average molecular weight is 294 g/mol. The Morgan fingerprint density at radius 2 is 1.74 bits per heavy atom. The largest absolute Gasteiger partial charge is 2.00 e. The Balaban J connectivity index is -0.000000253. The maximum atomic E-state index is 10.8. The molecule has 0 saturated carbocycles. The molecule has 0 saturated heterocycles. The minimum absolute atomic E-state index is 0. The van der Waals surface area contributed by atoms with Crippen LogP contribution in [-0.4, -0.2) is 35.6 Å². The number of benzene rings is 1. The number of halogens is 1. The summed E-state index contributed by atoms with van der Waals surface area (Å²) in [6.45, 7) is 9.37. The van der Waals surface area contributed by atoms with Gasteiger partial charge < -0.3 is 22.9 Å². The van der Waals surface area contributed by atoms with Gasteiger partial charge in [-0.2, -0.15) is 24.6 Å². The van der Waals surface area contributed by atoms with Gasteiger partial charge in [0.15, 0.2) is 0 Å².